The van der Waals surface area contributed by atoms with Crippen molar-refractivity contribution >= 4 is 23.8 Å². The van der Waals surface area contributed by atoms with E-state index >= 15 is 0 Å². The number of ether oxygens (including phenoxy) is 1. The number of carbonyl (C=O) groups excluding carboxylic acids is 1. The molecule has 1 N–H and O–H groups in total. The van der Waals surface area contributed by atoms with Gasteiger partial charge in [-0.2, -0.15) is 0 Å². The summed E-state index contributed by atoms with van der Waals surface area (Å²) in [5.74, 6) is -0.643. The number of carboxylic acid groups (broad SMARTS) is 1. The first kappa shape index (κ1) is 12.8. The molecule has 1 saturated heterocycles. The van der Waals surface area contributed by atoms with Crippen LogP contribution in [-0.4, -0.2) is 41.0 Å². The third-order valence-corrected chi connectivity index (χ3v) is 4.08. The number of rotatable bonds is 2. The molecule has 1 aliphatic rings. The van der Waals surface area contributed by atoms with E-state index in [1.807, 2.05) is 30.3 Å². The monoisotopic (exact) mass is 267 g/mol. The van der Waals surface area contributed by atoms with Crippen molar-refractivity contribution in [2.45, 2.75) is 11.4 Å². The van der Waals surface area contributed by atoms with Gasteiger partial charge in [-0.3, -0.25) is 4.90 Å². The molecule has 18 heavy (non-hydrogen) atoms. The van der Waals surface area contributed by atoms with Gasteiger partial charge >= 0.3 is 12.1 Å². The molecule has 6 heteroatoms. The highest BCUT2D eigenvalue weighted by Gasteiger charge is 2.43. The summed E-state index contributed by atoms with van der Waals surface area (Å²) < 4.78 is 4.68. The van der Waals surface area contributed by atoms with E-state index in [9.17, 15) is 9.59 Å². The van der Waals surface area contributed by atoms with Gasteiger partial charge in [0.1, 0.15) is 11.4 Å². The van der Waals surface area contributed by atoms with Gasteiger partial charge in [0.05, 0.1) is 7.11 Å². The Morgan fingerprint density at radius 3 is 2.61 bits per heavy atom. The van der Waals surface area contributed by atoms with Crippen molar-refractivity contribution in [1.82, 2.24) is 4.90 Å². The number of thioether (sulfide) groups is 1. The van der Waals surface area contributed by atoms with Crippen molar-refractivity contribution in [2.24, 2.45) is 0 Å². The molecule has 1 aromatic carbocycles. The SMILES string of the molecule is COC(=O)N1C(c2ccccc2)SC[C@H]1C(=O)O. The molecule has 96 valence electrons. The van der Waals surface area contributed by atoms with Crippen LogP contribution < -0.4 is 0 Å². The number of carboxylic acids is 1. The van der Waals surface area contributed by atoms with Gasteiger partial charge < -0.3 is 9.84 Å². The van der Waals surface area contributed by atoms with Crippen LogP contribution in [0.15, 0.2) is 30.3 Å². The molecule has 1 fully saturated rings. The van der Waals surface area contributed by atoms with Gasteiger partial charge in [-0.1, -0.05) is 30.3 Å². The third kappa shape index (κ3) is 2.28. The van der Waals surface area contributed by atoms with Gasteiger partial charge in [-0.05, 0) is 5.56 Å². The fourth-order valence-corrected chi connectivity index (χ4v) is 3.31. The van der Waals surface area contributed by atoms with E-state index in [0.717, 1.165) is 5.56 Å². The quantitative estimate of drug-likeness (QED) is 0.887. The van der Waals surface area contributed by atoms with E-state index in [4.69, 9.17) is 5.11 Å². The van der Waals surface area contributed by atoms with Crippen molar-refractivity contribution in [3.63, 3.8) is 0 Å². The molecule has 1 amide bonds. The van der Waals surface area contributed by atoms with E-state index in [2.05, 4.69) is 4.74 Å². The highest BCUT2D eigenvalue weighted by molar-refractivity contribution is 7.99. The van der Waals surface area contributed by atoms with Crippen LogP contribution in [-0.2, 0) is 9.53 Å². The summed E-state index contributed by atoms with van der Waals surface area (Å²) in [5.41, 5.74) is 0.900. The van der Waals surface area contributed by atoms with Crippen LogP contribution in [0.4, 0.5) is 4.79 Å². The first-order valence-electron chi connectivity index (χ1n) is 5.40. The molecule has 5 nitrogen and oxygen atoms in total. The molecule has 0 saturated carbocycles. The Morgan fingerprint density at radius 1 is 1.39 bits per heavy atom. The number of aliphatic carboxylic acids is 1. The maximum absolute atomic E-state index is 11.7. The lowest BCUT2D eigenvalue weighted by molar-refractivity contribution is -0.141. The number of hydrogen-bond donors (Lipinski definition) is 1. The molecular formula is C12H13NO4S. The van der Waals surface area contributed by atoms with E-state index < -0.39 is 18.1 Å². The van der Waals surface area contributed by atoms with Crippen molar-refractivity contribution in [3.05, 3.63) is 35.9 Å². The van der Waals surface area contributed by atoms with E-state index in [1.54, 1.807) is 0 Å². The first-order valence-corrected chi connectivity index (χ1v) is 6.45. The maximum Gasteiger partial charge on any atom is 0.411 e. The molecule has 0 aromatic heterocycles. The van der Waals surface area contributed by atoms with Crippen LogP contribution in [0, 0.1) is 0 Å². The highest BCUT2D eigenvalue weighted by Crippen LogP contribution is 2.41. The summed E-state index contributed by atoms with van der Waals surface area (Å²) in [6.07, 6.45) is -0.610. The standard InChI is InChI=1S/C12H13NO4S/c1-17-12(16)13-9(11(14)15)7-18-10(13)8-5-3-2-4-6-8/h2-6,9-10H,7H2,1H3,(H,14,15)/t9-,10?/m0/s1. The van der Waals surface area contributed by atoms with Crippen LogP contribution in [0.2, 0.25) is 0 Å². The number of carbonyl (C=O) groups is 2. The number of amides is 1. The molecule has 0 bridgehead atoms. The Labute approximate surface area is 109 Å². The second kappa shape index (κ2) is 5.30. The number of hydrogen-bond acceptors (Lipinski definition) is 4. The van der Waals surface area contributed by atoms with E-state index in [-0.39, 0.29) is 5.37 Å². The van der Waals surface area contributed by atoms with Gasteiger partial charge in [0.25, 0.3) is 0 Å². The summed E-state index contributed by atoms with van der Waals surface area (Å²) in [7, 11) is 1.26. The van der Waals surface area contributed by atoms with E-state index in [1.165, 1.54) is 23.8 Å². The number of methoxy groups -OCH3 is 1. The molecular weight excluding hydrogens is 254 g/mol. The summed E-state index contributed by atoms with van der Waals surface area (Å²) in [6.45, 7) is 0. The minimum absolute atomic E-state index is 0.306. The van der Waals surface area contributed by atoms with Gasteiger partial charge in [0.15, 0.2) is 0 Å². The zero-order valence-corrected chi connectivity index (χ0v) is 10.6. The Kier molecular flexibility index (Phi) is 3.76. The van der Waals surface area contributed by atoms with Crippen LogP contribution in [0.1, 0.15) is 10.9 Å². The van der Waals surface area contributed by atoms with Crippen LogP contribution in [0.25, 0.3) is 0 Å². The number of benzene rings is 1. The molecule has 1 unspecified atom stereocenters. The molecule has 0 aliphatic carbocycles. The maximum atomic E-state index is 11.7. The van der Waals surface area contributed by atoms with Gasteiger partial charge in [0.2, 0.25) is 0 Å². The fourth-order valence-electron chi connectivity index (χ4n) is 1.90. The molecule has 2 rings (SSSR count). The zero-order valence-electron chi connectivity index (χ0n) is 9.78. The highest BCUT2D eigenvalue weighted by atomic mass is 32.2. The second-order valence-corrected chi connectivity index (χ2v) is 4.94. The second-order valence-electron chi connectivity index (χ2n) is 3.83. The minimum atomic E-state index is -1.01. The lowest BCUT2D eigenvalue weighted by Gasteiger charge is -2.25. The first-order chi connectivity index (χ1) is 8.65. The summed E-state index contributed by atoms with van der Waals surface area (Å²) in [4.78, 5) is 24.2. The van der Waals surface area contributed by atoms with E-state index in [0.29, 0.717) is 5.75 Å². The Bertz CT molecular complexity index is 451. The van der Waals surface area contributed by atoms with Crippen molar-refractivity contribution in [1.29, 1.82) is 0 Å². The normalized spacial score (nSPS) is 22.8. The minimum Gasteiger partial charge on any atom is -0.480 e. The van der Waals surface area contributed by atoms with Crippen molar-refractivity contribution in [2.75, 3.05) is 12.9 Å². The van der Waals surface area contributed by atoms with Crippen LogP contribution in [0.5, 0.6) is 0 Å². The molecule has 1 heterocycles. The lowest BCUT2D eigenvalue weighted by atomic mass is 10.2. The third-order valence-electron chi connectivity index (χ3n) is 2.76. The van der Waals surface area contributed by atoms with Gasteiger partial charge in [0, 0.05) is 5.75 Å². The van der Waals surface area contributed by atoms with Crippen LogP contribution >= 0.6 is 11.8 Å². The smallest absolute Gasteiger partial charge is 0.411 e. The molecule has 0 radical (unpaired) electrons. The van der Waals surface area contributed by atoms with Gasteiger partial charge in [-0.25, -0.2) is 9.59 Å². The average molecular weight is 267 g/mol. The summed E-state index contributed by atoms with van der Waals surface area (Å²) >= 11 is 1.43. The average Bonchev–Trinajstić information content (AvgIpc) is 2.83. The zero-order chi connectivity index (χ0) is 13.1. The molecule has 1 aliphatic heterocycles. The Hall–Kier alpha value is -1.69. The number of nitrogens with zero attached hydrogens (tertiary/aromatic N) is 1. The molecule has 0 spiro atoms. The Morgan fingerprint density at radius 2 is 2.06 bits per heavy atom. The molecule has 2 atom stereocenters. The molecule has 1 aromatic rings. The van der Waals surface area contributed by atoms with Crippen LogP contribution in [0.3, 0.4) is 0 Å². The fraction of sp³-hybridized carbons (Fsp3) is 0.333. The van der Waals surface area contributed by atoms with Crippen molar-refractivity contribution in [3.8, 4) is 0 Å². The predicted octanol–water partition coefficient (Wildman–Crippen LogP) is 1.95. The summed E-state index contributed by atoms with van der Waals surface area (Å²) in [5, 5.41) is 8.82. The van der Waals surface area contributed by atoms with Crippen molar-refractivity contribution < 1.29 is 19.4 Å². The summed E-state index contributed by atoms with van der Waals surface area (Å²) in [6, 6.07) is 8.50. The largest absolute Gasteiger partial charge is 0.480 e. The van der Waals surface area contributed by atoms with Gasteiger partial charge in [-0.15, -0.1) is 11.8 Å². The predicted molar refractivity (Wildman–Crippen MR) is 67.3 cm³/mol. The topological polar surface area (TPSA) is 66.8 Å². The Balaban J connectivity index is 2.31. The lowest BCUT2D eigenvalue weighted by Crippen LogP contribution is -2.42.